The number of pyridine rings is 2. The van der Waals surface area contributed by atoms with Crippen LogP contribution in [0.2, 0.25) is 0 Å². The Kier molecular flexibility index (Phi) is 5.14. The quantitative estimate of drug-likeness (QED) is 0.200. The monoisotopic (exact) mass is 598 g/mol. The number of aromatic amines is 1. The van der Waals surface area contributed by atoms with Gasteiger partial charge in [0.05, 0.1) is 38.1 Å². The normalized spacial score (nSPS) is 13.3. The Bertz CT molecular complexity index is 2750. The Hall–Kier alpha value is -4.98. The van der Waals surface area contributed by atoms with Gasteiger partial charge < -0.3 is 10.1 Å². The highest BCUT2D eigenvalue weighted by atomic mass is 16.3. The highest BCUT2D eigenvalue weighted by molar-refractivity contribution is 6.44. The van der Waals surface area contributed by atoms with Gasteiger partial charge in [0.25, 0.3) is 16.7 Å². The summed E-state index contributed by atoms with van der Waals surface area (Å²) in [4.78, 5) is 51.5. The minimum Gasteiger partial charge on any atom is -0.494 e. The van der Waals surface area contributed by atoms with E-state index in [1.807, 2.05) is 18.2 Å². The summed E-state index contributed by atoms with van der Waals surface area (Å²) in [5.41, 5.74) is 2.96. The lowest BCUT2D eigenvalue weighted by Crippen LogP contribution is -2.33. The first kappa shape index (κ1) is 27.6. The van der Waals surface area contributed by atoms with Crippen LogP contribution >= 0.6 is 0 Å². The zero-order valence-electron chi connectivity index (χ0n) is 26.7. The van der Waals surface area contributed by atoms with Gasteiger partial charge in [0.2, 0.25) is 5.88 Å². The van der Waals surface area contributed by atoms with Crippen LogP contribution in [0.1, 0.15) is 59.6 Å². The number of aromatic nitrogens is 4. The molecule has 4 aromatic heterocycles. The van der Waals surface area contributed by atoms with Crippen molar-refractivity contribution in [2.45, 2.75) is 65.8 Å². The van der Waals surface area contributed by atoms with Crippen molar-refractivity contribution in [3.05, 3.63) is 78.6 Å². The fourth-order valence-electron chi connectivity index (χ4n) is 7.33. The Balaban J connectivity index is 1.82. The third-order valence-corrected chi connectivity index (χ3v) is 9.80. The van der Waals surface area contributed by atoms with Crippen molar-refractivity contribution < 1.29 is 5.11 Å². The molecule has 0 bridgehead atoms. The average Bonchev–Trinajstić information content (AvgIpc) is 3.54. The van der Waals surface area contributed by atoms with Crippen molar-refractivity contribution in [1.82, 2.24) is 19.1 Å². The molecule has 8 nitrogen and oxygen atoms in total. The molecule has 0 atom stereocenters. The molecular weight excluding hydrogens is 564 g/mol. The fraction of sp³-hybridized carbons (Fsp3) is 0.297. The first-order valence-electron chi connectivity index (χ1n) is 15.4. The van der Waals surface area contributed by atoms with E-state index in [4.69, 9.17) is 4.98 Å². The first-order chi connectivity index (χ1) is 21.1. The smallest absolute Gasteiger partial charge is 0.263 e. The first-order valence-corrected chi connectivity index (χ1v) is 15.4. The SMILES string of the molecule is CCn1c(=O)c2c3c4cc(C(C)(C)C)ccc4nc3c3c(O)n(C)c(=O)c4c5[nH]c6ccc(C(C)(C)C)cc6c5c(c1=O)c2c34. The van der Waals surface area contributed by atoms with Gasteiger partial charge in [0, 0.05) is 51.4 Å². The van der Waals surface area contributed by atoms with E-state index >= 15 is 0 Å². The van der Waals surface area contributed by atoms with E-state index in [1.165, 1.54) is 16.2 Å². The number of nitrogens with zero attached hydrogens (tertiary/aromatic N) is 3. The Morgan fingerprint density at radius 2 is 1.29 bits per heavy atom. The molecule has 0 saturated carbocycles. The van der Waals surface area contributed by atoms with Gasteiger partial charge in [-0.3, -0.25) is 23.5 Å². The maximum atomic E-state index is 14.5. The van der Waals surface area contributed by atoms with E-state index in [-0.39, 0.29) is 23.3 Å². The molecule has 0 unspecified atom stereocenters. The van der Waals surface area contributed by atoms with Crippen LogP contribution in [0.25, 0.3) is 75.9 Å². The summed E-state index contributed by atoms with van der Waals surface area (Å²) in [5.74, 6) is -0.253. The second-order valence-corrected chi connectivity index (χ2v) is 14.5. The van der Waals surface area contributed by atoms with Crippen molar-refractivity contribution in [2.75, 3.05) is 0 Å². The van der Waals surface area contributed by atoms with Gasteiger partial charge >= 0.3 is 0 Å². The van der Waals surface area contributed by atoms with E-state index in [9.17, 15) is 19.5 Å². The molecule has 0 spiro atoms. The molecule has 0 amide bonds. The van der Waals surface area contributed by atoms with Crippen LogP contribution in [0.4, 0.5) is 0 Å². The molecular formula is C37H34N4O4. The van der Waals surface area contributed by atoms with E-state index in [1.54, 1.807) is 6.92 Å². The van der Waals surface area contributed by atoms with Gasteiger partial charge in [0.15, 0.2) is 0 Å². The van der Waals surface area contributed by atoms with Crippen LogP contribution in [0, 0.1) is 0 Å². The molecule has 8 aromatic rings. The molecule has 45 heavy (non-hydrogen) atoms. The van der Waals surface area contributed by atoms with Gasteiger partial charge in [-0.1, -0.05) is 53.7 Å². The summed E-state index contributed by atoms with van der Waals surface area (Å²) < 4.78 is 2.52. The molecule has 8 heteroatoms. The lowest BCUT2D eigenvalue weighted by atomic mass is 9.85. The Morgan fingerprint density at radius 3 is 1.91 bits per heavy atom. The highest BCUT2D eigenvalue weighted by Crippen LogP contribution is 2.47. The number of hydrogen-bond donors (Lipinski definition) is 2. The van der Waals surface area contributed by atoms with Gasteiger partial charge in [0.1, 0.15) is 0 Å². The van der Waals surface area contributed by atoms with Crippen molar-refractivity contribution in [3.63, 3.8) is 0 Å². The summed E-state index contributed by atoms with van der Waals surface area (Å²) in [7, 11) is 1.54. The van der Waals surface area contributed by atoms with Crippen LogP contribution in [0.5, 0.6) is 5.88 Å². The lowest BCUT2D eigenvalue weighted by Gasteiger charge is -2.19. The van der Waals surface area contributed by atoms with Crippen LogP contribution in [0.3, 0.4) is 0 Å². The molecule has 0 aliphatic carbocycles. The number of benzene rings is 4. The second-order valence-electron chi connectivity index (χ2n) is 14.5. The third kappa shape index (κ3) is 3.31. The summed E-state index contributed by atoms with van der Waals surface area (Å²) in [6, 6.07) is 12.2. The van der Waals surface area contributed by atoms with Crippen LogP contribution in [-0.4, -0.2) is 24.2 Å². The Labute approximate surface area is 257 Å². The summed E-state index contributed by atoms with van der Waals surface area (Å²) >= 11 is 0. The molecule has 0 aliphatic rings. The predicted molar refractivity (Wildman–Crippen MR) is 184 cm³/mol. The standard InChI is InChI=1S/C37H34N4O4/c1-9-41-34(44)26-22-18-14-16(36(2,3)4)10-12-20(18)38-30(22)28-25-24(26)27(35(41)45)23-19-15-17(37(5,6)7)11-13-21(19)39-31(23)29(25)33(43)40(8)32(28)42/h10-15,38,43H,9H2,1-8H3. The molecule has 0 radical (unpaired) electrons. The van der Waals surface area contributed by atoms with Gasteiger partial charge in [-0.25, -0.2) is 4.98 Å². The third-order valence-electron chi connectivity index (χ3n) is 9.80. The van der Waals surface area contributed by atoms with Crippen molar-refractivity contribution in [2.24, 2.45) is 7.05 Å². The number of rotatable bonds is 1. The zero-order valence-corrected chi connectivity index (χ0v) is 26.7. The molecule has 226 valence electrons. The van der Waals surface area contributed by atoms with Crippen LogP contribution in [0.15, 0.2) is 50.8 Å². The molecule has 8 rings (SSSR count). The van der Waals surface area contributed by atoms with Gasteiger partial charge in [-0.15, -0.1) is 0 Å². The summed E-state index contributed by atoms with van der Waals surface area (Å²) in [6.07, 6.45) is 0. The molecule has 4 aromatic carbocycles. The number of hydrogen-bond acceptors (Lipinski definition) is 5. The molecule has 0 saturated heterocycles. The Morgan fingerprint density at radius 1 is 0.711 bits per heavy atom. The minimum atomic E-state index is -0.423. The van der Waals surface area contributed by atoms with Gasteiger partial charge in [-0.2, -0.15) is 0 Å². The largest absolute Gasteiger partial charge is 0.494 e. The van der Waals surface area contributed by atoms with Crippen molar-refractivity contribution in [3.8, 4) is 5.88 Å². The van der Waals surface area contributed by atoms with Crippen LogP contribution in [-0.2, 0) is 24.4 Å². The topological polar surface area (TPSA) is 110 Å². The maximum Gasteiger partial charge on any atom is 0.263 e. The summed E-state index contributed by atoms with van der Waals surface area (Å²) in [5, 5.41) is 16.6. The van der Waals surface area contributed by atoms with Crippen LogP contribution < -0.4 is 16.7 Å². The minimum absolute atomic E-state index is 0.165. The summed E-state index contributed by atoms with van der Waals surface area (Å²) in [6.45, 7) is 14.8. The zero-order chi connectivity index (χ0) is 32.1. The molecule has 4 heterocycles. The van der Waals surface area contributed by atoms with E-state index in [0.717, 1.165) is 27.4 Å². The molecule has 0 fully saturated rings. The lowest BCUT2D eigenvalue weighted by molar-refractivity contribution is 0.432. The fourth-order valence-corrected chi connectivity index (χ4v) is 7.33. The van der Waals surface area contributed by atoms with Crippen molar-refractivity contribution >= 4 is 75.9 Å². The number of fused-ring (bicyclic) bond motifs is 10. The van der Waals surface area contributed by atoms with E-state index in [2.05, 4.69) is 64.7 Å². The number of H-pyrrole nitrogens is 1. The van der Waals surface area contributed by atoms with Crippen molar-refractivity contribution in [1.29, 1.82) is 0 Å². The second kappa shape index (κ2) is 8.38. The average molecular weight is 599 g/mol. The van der Waals surface area contributed by atoms with E-state index in [0.29, 0.717) is 59.6 Å². The number of nitrogens with one attached hydrogen (secondary N) is 1. The highest BCUT2D eigenvalue weighted by Gasteiger charge is 2.31. The maximum absolute atomic E-state index is 14.5. The molecule has 2 N–H and O–H groups in total. The molecule has 0 aliphatic heterocycles. The van der Waals surface area contributed by atoms with E-state index < -0.39 is 16.7 Å². The van der Waals surface area contributed by atoms with Gasteiger partial charge in [-0.05, 0) is 53.1 Å². The number of aromatic hydroxyl groups is 1. The predicted octanol–water partition coefficient (Wildman–Crippen LogP) is 6.90.